The van der Waals surface area contributed by atoms with E-state index in [2.05, 4.69) is 11.6 Å². The van der Waals surface area contributed by atoms with E-state index in [0.717, 1.165) is 12.1 Å². The first kappa shape index (κ1) is 16.5. The minimum Gasteiger partial charge on any atom is -0.436 e. The van der Waals surface area contributed by atoms with Gasteiger partial charge in [0.2, 0.25) is 5.89 Å². The van der Waals surface area contributed by atoms with Gasteiger partial charge in [0.15, 0.2) is 11.5 Å². The monoisotopic (exact) mass is 324 g/mol. The van der Waals surface area contributed by atoms with Crippen molar-refractivity contribution in [3.63, 3.8) is 0 Å². The molecule has 0 N–H and O–H groups in total. The van der Waals surface area contributed by atoms with Gasteiger partial charge in [0, 0.05) is 5.56 Å². The highest BCUT2D eigenvalue weighted by Gasteiger charge is 2.30. The first-order valence-corrected chi connectivity index (χ1v) is 6.40. The summed E-state index contributed by atoms with van der Waals surface area (Å²) in [4.78, 5) is 14.4. The summed E-state index contributed by atoms with van der Waals surface area (Å²) in [6.45, 7) is 4.96. The smallest absolute Gasteiger partial charge is 0.416 e. The fourth-order valence-electron chi connectivity index (χ4n) is 1.91. The molecule has 1 heterocycles. The Kier molecular flexibility index (Phi) is 4.35. The van der Waals surface area contributed by atoms with Crippen LogP contribution in [0.15, 0.2) is 41.3 Å². The molecule has 120 valence electrons. The van der Waals surface area contributed by atoms with Crippen LogP contribution in [-0.2, 0) is 6.18 Å². The van der Waals surface area contributed by atoms with Gasteiger partial charge in [-0.15, -0.1) is 0 Å². The molecule has 0 fully saturated rings. The molecule has 0 aliphatic rings. The van der Waals surface area contributed by atoms with Crippen molar-refractivity contribution in [2.45, 2.75) is 13.1 Å². The molecule has 0 spiro atoms. The molecule has 2 aromatic rings. The van der Waals surface area contributed by atoms with Gasteiger partial charge in [-0.3, -0.25) is 10.1 Å². The van der Waals surface area contributed by atoms with Crippen LogP contribution in [0, 0.1) is 10.1 Å². The maximum atomic E-state index is 12.6. The summed E-state index contributed by atoms with van der Waals surface area (Å²) < 4.78 is 43.0. The average molecular weight is 324 g/mol. The van der Waals surface area contributed by atoms with Crippen molar-refractivity contribution in [2.24, 2.45) is 0 Å². The predicted octanol–water partition coefficient (Wildman–Crippen LogP) is 4.64. The molecule has 2 rings (SSSR count). The fourth-order valence-corrected chi connectivity index (χ4v) is 1.91. The maximum Gasteiger partial charge on any atom is 0.416 e. The van der Waals surface area contributed by atoms with E-state index in [1.165, 1.54) is 31.2 Å². The topological polar surface area (TPSA) is 69.2 Å². The number of nitrogens with zero attached hydrogens (tertiary/aromatic N) is 2. The van der Waals surface area contributed by atoms with Crippen molar-refractivity contribution in [1.82, 2.24) is 4.98 Å². The second-order valence-corrected chi connectivity index (χ2v) is 4.44. The van der Waals surface area contributed by atoms with Crippen LogP contribution in [-0.4, -0.2) is 9.91 Å². The summed E-state index contributed by atoms with van der Waals surface area (Å²) in [5, 5.41) is 11.0. The van der Waals surface area contributed by atoms with Gasteiger partial charge < -0.3 is 4.42 Å². The van der Waals surface area contributed by atoms with Crippen LogP contribution < -0.4 is 0 Å². The van der Waals surface area contributed by atoms with Gasteiger partial charge in [-0.2, -0.15) is 13.2 Å². The maximum absolute atomic E-state index is 12.6. The van der Waals surface area contributed by atoms with Gasteiger partial charge in [-0.1, -0.05) is 6.58 Å². The lowest BCUT2D eigenvalue weighted by atomic mass is 10.1. The van der Waals surface area contributed by atoms with Gasteiger partial charge in [0.1, 0.15) is 0 Å². The molecule has 0 aliphatic heterocycles. The Morgan fingerprint density at radius 3 is 2.39 bits per heavy atom. The zero-order valence-corrected chi connectivity index (χ0v) is 11.9. The number of aromatic nitrogens is 1. The van der Waals surface area contributed by atoms with E-state index in [0.29, 0.717) is 0 Å². The van der Waals surface area contributed by atoms with Crippen LogP contribution in [0.2, 0.25) is 0 Å². The quantitative estimate of drug-likeness (QED) is 0.607. The number of nitro groups is 1. The van der Waals surface area contributed by atoms with Crippen molar-refractivity contribution in [1.29, 1.82) is 0 Å². The van der Waals surface area contributed by atoms with Crippen LogP contribution in [0.4, 0.5) is 13.2 Å². The number of hydrogen-bond donors (Lipinski definition) is 0. The Balaban J connectivity index is 2.48. The minimum atomic E-state index is -4.45. The Morgan fingerprint density at radius 2 is 1.96 bits per heavy atom. The van der Waals surface area contributed by atoms with Gasteiger partial charge in [0.25, 0.3) is 5.70 Å². The number of alkyl halides is 3. The molecule has 0 aliphatic carbocycles. The summed E-state index contributed by atoms with van der Waals surface area (Å²) in [5.74, 6) is 0.0505. The summed E-state index contributed by atoms with van der Waals surface area (Å²) >= 11 is 0. The Hall–Kier alpha value is -2.90. The average Bonchev–Trinajstić information content (AvgIpc) is 2.91. The van der Waals surface area contributed by atoms with E-state index in [4.69, 9.17) is 4.42 Å². The molecule has 0 bridgehead atoms. The summed E-state index contributed by atoms with van der Waals surface area (Å²) in [6, 6.07) is 4.15. The predicted molar refractivity (Wildman–Crippen MR) is 77.7 cm³/mol. The minimum absolute atomic E-state index is 0.0233. The molecular formula is C15H11F3N2O3. The van der Waals surface area contributed by atoms with Crippen molar-refractivity contribution < 1.29 is 22.5 Å². The van der Waals surface area contributed by atoms with Crippen LogP contribution in [0.1, 0.15) is 23.9 Å². The molecule has 0 amide bonds. The zero-order chi connectivity index (χ0) is 17.2. The van der Waals surface area contributed by atoms with E-state index >= 15 is 0 Å². The number of allylic oxidation sites excluding steroid dienone is 1. The number of rotatable bonds is 4. The van der Waals surface area contributed by atoms with Crippen molar-refractivity contribution >= 4 is 11.8 Å². The lowest BCUT2D eigenvalue weighted by Gasteiger charge is -2.05. The van der Waals surface area contributed by atoms with E-state index < -0.39 is 16.7 Å². The molecular weight excluding hydrogens is 313 g/mol. The molecule has 0 radical (unpaired) electrons. The van der Waals surface area contributed by atoms with E-state index in [1.54, 1.807) is 0 Å². The number of halogens is 3. The van der Waals surface area contributed by atoms with Crippen molar-refractivity contribution in [3.05, 3.63) is 64.1 Å². The second kappa shape index (κ2) is 6.07. The van der Waals surface area contributed by atoms with Gasteiger partial charge in [-0.05, 0) is 43.3 Å². The third-order valence-corrected chi connectivity index (χ3v) is 3.01. The van der Waals surface area contributed by atoms with Gasteiger partial charge >= 0.3 is 6.18 Å². The number of oxazole rings is 1. The van der Waals surface area contributed by atoms with Crippen molar-refractivity contribution in [3.8, 4) is 11.5 Å². The zero-order valence-electron chi connectivity index (χ0n) is 11.9. The van der Waals surface area contributed by atoms with Crippen LogP contribution in [0.5, 0.6) is 0 Å². The van der Waals surface area contributed by atoms with Crippen LogP contribution >= 0.6 is 0 Å². The normalized spacial score (nSPS) is 12.3. The standard InChI is InChI=1S/C15H11F3N2O3/c1-3-11(20(21)22)13-12(4-2)23-14(19-13)9-5-7-10(8-6-9)15(16,17)18/h3-8H,2H2,1H3/b11-3+. The molecule has 1 aromatic carbocycles. The lowest BCUT2D eigenvalue weighted by molar-refractivity contribution is -0.375. The molecule has 1 aromatic heterocycles. The SMILES string of the molecule is C=Cc1oc(-c2ccc(C(F)(F)F)cc2)nc1/C(=C\C)[N+](=O)[O-]. The number of hydrogen-bond acceptors (Lipinski definition) is 4. The molecule has 23 heavy (non-hydrogen) atoms. The molecule has 0 saturated heterocycles. The highest BCUT2D eigenvalue weighted by Crippen LogP contribution is 2.32. The highest BCUT2D eigenvalue weighted by atomic mass is 19.4. The van der Waals surface area contributed by atoms with E-state index in [1.807, 2.05) is 0 Å². The Bertz CT molecular complexity index is 774. The van der Waals surface area contributed by atoms with Gasteiger partial charge in [-0.25, -0.2) is 4.98 Å². The second-order valence-electron chi connectivity index (χ2n) is 4.44. The fraction of sp³-hybridized carbons (Fsp3) is 0.133. The van der Waals surface area contributed by atoms with Crippen molar-refractivity contribution in [2.75, 3.05) is 0 Å². The molecule has 8 heteroatoms. The third-order valence-electron chi connectivity index (χ3n) is 3.01. The van der Waals surface area contributed by atoms with E-state index in [-0.39, 0.29) is 28.6 Å². The molecule has 5 nitrogen and oxygen atoms in total. The summed E-state index contributed by atoms with van der Waals surface area (Å²) in [6.07, 6.45) is -1.94. The largest absolute Gasteiger partial charge is 0.436 e. The highest BCUT2D eigenvalue weighted by molar-refractivity contribution is 5.67. The summed E-state index contributed by atoms with van der Waals surface area (Å²) in [5.41, 5.74) is -0.841. The molecule has 0 atom stereocenters. The van der Waals surface area contributed by atoms with Crippen LogP contribution in [0.25, 0.3) is 23.2 Å². The van der Waals surface area contributed by atoms with Gasteiger partial charge in [0.05, 0.1) is 10.5 Å². The molecule has 0 unspecified atom stereocenters. The Labute approximate surface area is 128 Å². The number of benzene rings is 1. The lowest BCUT2D eigenvalue weighted by Crippen LogP contribution is -2.04. The third kappa shape index (κ3) is 3.31. The van der Waals surface area contributed by atoms with Crippen LogP contribution in [0.3, 0.4) is 0 Å². The van der Waals surface area contributed by atoms with E-state index in [9.17, 15) is 23.3 Å². The molecule has 0 saturated carbocycles. The first-order chi connectivity index (χ1) is 10.8. The summed E-state index contributed by atoms with van der Waals surface area (Å²) in [7, 11) is 0. The Morgan fingerprint density at radius 1 is 1.35 bits per heavy atom. The first-order valence-electron chi connectivity index (χ1n) is 6.40.